The predicted octanol–water partition coefficient (Wildman–Crippen LogP) is 4.35. The predicted molar refractivity (Wildman–Crippen MR) is 88.6 cm³/mol. The highest BCUT2D eigenvalue weighted by Crippen LogP contribution is 2.10. The lowest BCUT2D eigenvalue weighted by Crippen LogP contribution is -2.02. The van der Waals surface area contributed by atoms with Crippen LogP contribution < -0.4 is 5.73 Å². The van der Waals surface area contributed by atoms with Crippen LogP contribution in [0.2, 0.25) is 0 Å². The molecule has 0 atom stereocenters. The van der Waals surface area contributed by atoms with Crippen molar-refractivity contribution in [1.29, 1.82) is 0 Å². The van der Waals surface area contributed by atoms with Gasteiger partial charge in [0, 0.05) is 0 Å². The van der Waals surface area contributed by atoms with Gasteiger partial charge in [-0.3, -0.25) is 0 Å². The maximum atomic E-state index is 8.61. The lowest BCUT2D eigenvalue weighted by Gasteiger charge is -2.03. The van der Waals surface area contributed by atoms with Crippen molar-refractivity contribution in [2.75, 3.05) is 6.54 Å². The van der Waals surface area contributed by atoms with Gasteiger partial charge in [0.1, 0.15) is 0 Å². The van der Waals surface area contributed by atoms with E-state index in [1.165, 1.54) is 64.2 Å². The van der Waals surface area contributed by atoms with Crippen LogP contribution in [0.4, 0.5) is 0 Å². The minimum absolute atomic E-state index is 0.538. The molecule has 0 aromatic heterocycles. The molecule has 0 bridgehead atoms. The standard InChI is InChI=1S/C12H26O2.C5H13N/c1-2-3-4-5-6-7-8-9-10-11-12(13)14;1-2-3-4-5-6/h12-14H,2-11H2,1H3;2-6H2,1H3. The van der Waals surface area contributed by atoms with Crippen molar-refractivity contribution < 1.29 is 10.2 Å². The molecule has 20 heavy (non-hydrogen) atoms. The topological polar surface area (TPSA) is 66.5 Å². The van der Waals surface area contributed by atoms with Crippen LogP contribution in [0, 0.1) is 0 Å². The van der Waals surface area contributed by atoms with E-state index in [2.05, 4.69) is 13.8 Å². The Balaban J connectivity index is 0. The van der Waals surface area contributed by atoms with Gasteiger partial charge in [-0.1, -0.05) is 78.1 Å². The molecule has 0 unspecified atom stereocenters. The minimum Gasteiger partial charge on any atom is -0.368 e. The summed E-state index contributed by atoms with van der Waals surface area (Å²) >= 11 is 0. The third-order valence-electron chi connectivity index (χ3n) is 3.37. The Kier molecular flexibility index (Phi) is 23.5. The zero-order valence-corrected chi connectivity index (χ0v) is 13.9. The molecule has 0 aromatic carbocycles. The number of nitrogens with two attached hydrogens (primary N) is 1. The molecule has 0 aliphatic carbocycles. The van der Waals surface area contributed by atoms with Crippen LogP contribution >= 0.6 is 0 Å². The first-order valence-corrected chi connectivity index (χ1v) is 8.75. The van der Waals surface area contributed by atoms with Gasteiger partial charge in [0.05, 0.1) is 0 Å². The summed E-state index contributed by atoms with van der Waals surface area (Å²) in [6, 6.07) is 0. The summed E-state index contributed by atoms with van der Waals surface area (Å²) in [4.78, 5) is 0. The highest BCUT2D eigenvalue weighted by molar-refractivity contribution is 4.47. The molecule has 0 saturated heterocycles. The van der Waals surface area contributed by atoms with E-state index in [9.17, 15) is 0 Å². The van der Waals surface area contributed by atoms with Gasteiger partial charge in [0.15, 0.2) is 6.29 Å². The molecule has 0 spiro atoms. The number of hydrogen-bond donors (Lipinski definition) is 3. The maximum Gasteiger partial charge on any atom is 0.151 e. The largest absolute Gasteiger partial charge is 0.368 e. The molecule has 4 N–H and O–H groups in total. The average molecular weight is 290 g/mol. The highest BCUT2D eigenvalue weighted by Gasteiger charge is 1.96. The van der Waals surface area contributed by atoms with Gasteiger partial charge in [-0.2, -0.15) is 0 Å². The summed E-state index contributed by atoms with van der Waals surface area (Å²) in [5.74, 6) is 0. The summed E-state index contributed by atoms with van der Waals surface area (Å²) in [5, 5.41) is 17.2. The number of aliphatic hydroxyl groups excluding tert-OH is 1. The second kappa shape index (κ2) is 21.2. The normalized spacial score (nSPS) is 10.5. The molecule has 0 fully saturated rings. The lowest BCUT2D eigenvalue weighted by molar-refractivity contribution is -0.0466. The van der Waals surface area contributed by atoms with Gasteiger partial charge in [-0.05, 0) is 25.8 Å². The van der Waals surface area contributed by atoms with Gasteiger partial charge >= 0.3 is 0 Å². The van der Waals surface area contributed by atoms with Gasteiger partial charge in [0.2, 0.25) is 0 Å². The number of hydrogen-bond acceptors (Lipinski definition) is 3. The second-order valence-electron chi connectivity index (χ2n) is 5.59. The lowest BCUT2D eigenvalue weighted by atomic mass is 10.1. The molecule has 0 aromatic rings. The Bertz CT molecular complexity index is 148. The smallest absolute Gasteiger partial charge is 0.151 e. The van der Waals surface area contributed by atoms with Crippen molar-refractivity contribution in [3.8, 4) is 0 Å². The van der Waals surface area contributed by atoms with E-state index >= 15 is 0 Å². The highest BCUT2D eigenvalue weighted by atomic mass is 16.5. The van der Waals surface area contributed by atoms with E-state index in [1.54, 1.807) is 0 Å². The average Bonchev–Trinajstić information content (AvgIpc) is 2.43. The van der Waals surface area contributed by atoms with Crippen LogP contribution in [0.5, 0.6) is 0 Å². The summed E-state index contributed by atoms with van der Waals surface area (Å²) in [6.07, 6.45) is 14.6. The van der Waals surface area contributed by atoms with Crippen molar-refractivity contribution in [1.82, 2.24) is 0 Å². The molecule has 3 nitrogen and oxygen atoms in total. The van der Waals surface area contributed by atoms with Crippen LogP contribution in [0.1, 0.15) is 97.3 Å². The molecule has 0 heterocycles. The monoisotopic (exact) mass is 289 g/mol. The fourth-order valence-electron chi connectivity index (χ4n) is 2.03. The zero-order chi connectivity index (χ0) is 15.5. The van der Waals surface area contributed by atoms with Crippen LogP contribution in [0.15, 0.2) is 0 Å². The Morgan fingerprint density at radius 3 is 1.40 bits per heavy atom. The molecular formula is C17H39NO2. The van der Waals surface area contributed by atoms with E-state index in [-0.39, 0.29) is 0 Å². The number of unbranched alkanes of at least 4 members (excludes halogenated alkanes) is 10. The molecule has 3 heteroatoms. The molecule has 124 valence electrons. The van der Waals surface area contributed by atoms with Crippen molar-refractivity contribution in [2.45, 2.75) is 104 Å². The fraction of sp³-hybridized carbons (Fsp3) is 1.00. The Morgan fingerprint density at radius 1 is 0.650 bits per heavy atom. The van der Waals surface area contributed by atoms with E-state index in [4.69, 9.17) is 15.9 Å². The SMILES string of the molecule is CCCCCCCCCCCC(O)O.CCCCCN. The first-order valence-electron chi connectivity index (χ1n) is 8.75. The molecule has 0 saturated carbocycles. The molecule has 0 amide bonds. The second-order valence-corrected chi connectivity index (χ2v) is 5.59. The summed E-state index contributed by atoms with van der Waals surface area (Å²) in [7, 11) is 0. The van der Waals surface area contributed by atoms with Crippen molar-refractivity contribution in [3.05, 3.63) is 0 Å². The molecular weight excluding hydrogens is 250 g/mol. The molecule has 0 radical (unpaired) electrons. The first-order chi connectivity index (χ1) is 9.68. The number of aliphatic hydroxyl groups is 2. The quantitative estimate of drug-likeness (QED) is 0.349. The first kappa shape index (κ1) is 22.2. The maximum absolute atomic E-state index is 8.61. The molecule has 0 aliphatic rings. The Morgan fingerprint density at radius 2 is 1.05 bits per heavy atom. The third kappa shape index (κ3) is 26.4. The van der Waals surface area contributed by atoms with Gasteiger partial charge in [0.25, 0.3) is 0 Å². The zero-order valence-electron chi connectivity index (χ0n) is 13.9. The van der Waals surface area contributed by atoms with Gasteiger partial charge in [-0.25, -0.2) is 0 Å². The van der Waals surface area contributed by atoms with Crippen molar-refractivity contribution in [2.24, 2.45) is 5.73 Å². The summed E-state index contributed by atoms with van der Waals surface area (Å²) in [5.41, 5.74) is 5.21. The van der Waals surface area contributed by atoms with Crippen LogP contribution in [0.25, 0.3) is 0 Å². The third-order valence-corrected chi connectivity index (χ3v) is 3.37. The van der Waals surface area contributed by atoms with E-state index in [0.29, 0.717) is 6.42 Å². The fourth-order valence-corrected chi connectivity index (χ4v) is 2.03. The molecule has 0 aliphatic heterocycles. The molecule has 0 rings (SSSR count). The van der Waals surface area contributed by atoms with Crippen molar-refractivity contribution >= 4 is 0 Å². The Hall–Kier alpha value is -0.120. The summed E-state index contributed by atoms with van der Waals surface area (Å²) in [6.45, 7) is 5.27. The van der Waals surface area contributed by atoms with Crippen molar-refractivity contribution in [3.63, 3.8) is 0 Å². The van der Waals surface area contributed by atoms with E-state index in [0.717, 1.165) is 19.4 Å². The van der Waals surface area contributed by atoms with Crippen LogP contribution in [-0.2, 0) is 0 Å². The Labute approximate surface area is 127 Å². The van der Waals surface area contributed by atoms with E-state index < -0.39 is 6.29 Å². The van der Waals surface area contributed by atoms with Gasteiger partial charge < -0.3 is 15.9 Å². The van der Waals surface area contributed by atoms with E-state index in [1.807, 2.05) is 0 Å². The summed E-state index contributed by atoms with van der Waals surface area (Å²) < 4.78 is 0. The van der Waals surface area contributed by atoms with Gasteiger partial charge in [-0.15, -0.1) is 0 Å². The minimum atomic E-state index is -1.10. The van der Waals surface area contributed by atoms with Crippen LogP contribution in [-0.4, -0.2) is 23.0 Å². The van der Waals surface area contributed by atoms with Crippen LogP contribution in [0.3, 0.4) is 0 Å². The number of rotatable bonds is 13.